The summed E-state index contributed by atoms with van der Waals surface area (Å²) < 4.78 is 5.13. The topological polar surface area (TPSA) is 50.4 Å². The molecular formula is C19H22N2O2. The molecule has 1 fully saturated rings. The van der Waals surface area contributed by atoms with Crippen LogP contribution in [-0.4, -0.2) is 25.7 Å². The van der Waals surface area contributed by atoms with Crippen LogP contribution in [0.5, 0.6) is 5.75 Å². The van der Waals surface area contributed by atoms with Gasteiger partial charge in [0.05, 0.1) is 7.11 Å². The van der Waals surface area contributed by atoms with Crippen molar-refractivity contribution in [2.45, 2.75) is 24.8 Å². The summed E-state index contributed by atoms with van der Waals surface area (Å²) in [6.45, 7) is 0.626. The molecule has 23 heavy (non-hydrogen) atoms. The molecule has 0 aromatic heterocycles. The first-order chi connectivity index (χ1) is 11.3. The summed E-state index contributed by atoms with van der Waals surface area (Å²) in [6.07, 6.45) is 1.83. The van der Waals surface area contributed by atoms with Crippen molar-refractivity contribution in [2.75, 3.05) is 13.7 Å². The van der Waals surface area contributed by atoms with Crippen LogP contribution < -0.4 is 15.4 Å². The number of hydrogen-bond acceptors (Lipinski definition) is 2. The van der Waals surface area contributed by atoms with Gasteiger partial charge in [0.1, 0.15) is 5.75 Å². The molecule has 4 heteroatoms. The van der Waals surface area contributed by atoms with Crippen LogP contribution in [0, 0.1) is 0 Å². The predicted octanol–water partition coefficient (Wildman–Crippen LogP) is 3.09. The Kier molecular flexibility index (Phi) is 4.81. The molecule has 1 aliphatic carbocycles. The minimum absolute atomic E-state index is 0.0815. The van der Waals surface area contributed by atoms with Gasteiger partial charge in [0.2, 0.25) is 0 Å². The first-order valence-electron chi connectivity index (χ1n) is 7.98. The smallest absolute Gasteiger partial charge is 0.315 e. The number of benzene rings is 2. The van der Waals surface area contributed by atoms with Crippen LogP contribution in [0.2, 0.25) is 0 Å². The molecule has 0 bridgehead atoms. The van der Waals surface area contributed by atoms with E-state index in [-0.39, 0.29) is 12.1 Å². The zero-order chi connectivity index (χ0) is 16.1. The molecule has 1 aliphatic rings. The number of rotatable bonds is 6. The summed E-state index contributed by atoms with van der Waals surface area (Å²) >= 11 is 0. The lowest BCUT2D eigenvalue weighted by molar-refractivity contribution is 0.240. The second kappa shape index (κ2) is 7.18. The van der Waals surface area contributed by atoms with Crippen LogP contribution in [0.3, 0.4) is 0 Å². The van der Waals surface area contributed by atoms with E-state index in [0.29, 0.717) is 12.5 Å². The van der Waals surface area contributed by atoms with Crippen molar-refractivity contribution in [1.82, 2.24) is 10.6 Å². The molecule has 2 unspecified atom stereocenters. The molecule has 2 aromatic carbocycles. The zero-order valence-corrected chi connectivity index (χ0v) is 13.3. The highest BCUT2D eigenvalue weighted by atomic mass is 16.5. The summed E-state index contributed by atoms with van der Waals surface area (Å²) in [5, 5.41) is 5.96. The van der Waals surface area contributed by atoms with Gasteiger partial charge < -0.3 is 15.4 Å². The highest BCUT2D eigenvalue weighted by Crippen LogP contribution is 2.40. The lowest BCUT2D eigenvalue weighted by Crippen LogP contribution is -2.38. The first kappa shape index (κ1) is 15.4. The molecule has 4 nitrogen and oxygen atoms in total. The molecule has 2 atom stereocenters. The second-order valence-electron chi connectivity index (χ2n) is 5.86. The van der Waals surface area contributed by atoms with Crippen LogP contribution in [0.4, 0.5) is 4.79 Å². The summed E-state index contributed by atoms with van der Waals surface area (Å²) in [5.41, 5.74) is 2.48. The molecule has 2 N–H and O–H groups in total. The third-order valence-electron chi connectivity index (χ3n) is 4.19. The molecule has 2 aromatic rings. The van der Waals surface area contributed by atoms with Crippen LogP contribution in [0.1, 0.15) is 23.5 Å². The molecule has 0 radical (unpaired) electrons. The third kappa shape index (κ3) is 4.25. The number of urea groups is 1. The maximum Gasteiger partial charge on any atom is 0.315 e. The number of ether oxygens (including phenoxy) is 1. The fourth-order valence-corrected chi connectivity index (χ4v) is 2.76. The standard InChI is InChI=1S/C19H22N2O2/c1-23-16-9-7-14(8-10-16)11-12-20-19(22)21-18-13-17(18)15-5-3-2-4-6-15/h2-10,17-18H,11-13H2,1H3,(H2,20,21,22). The average molecular weight is 310 g/mol. The van der Waals surface area contributed by atoms with Gasteiger partial charge >= 0.3 is 6.03 Å². The molecule has 1 saturated carbocycles. The Labute approximate surface area is 136 Å². The Balaban J connectivity index is 1.37. The van der Waals surface area contributed by atoms with Gasteiger partial charge in [-0.3, -0.25) is 0 Å². The van der Waals surface area contributed by atoms with Gasteiger partial charge in [0, 0.05) is 18.5 Å². The van der Waals surface area contributed by atoms with Gasteiger partial charge in [-0.15, -0.1) is 0 Å². The van der Waals surface area contributed by atoms with Gasteiger partial charge in [-0.2, -0.15) is 0 Å². The zero-order valence-electron chi connectivity index (χ0n) is 13.3. The minimum Gasteiger partial charge on any atom is -0.497 e. The fraction of sp³-hybridized carbons (Fsp3) is 0.316. The highest BCUT2D eigenvalue weighted by Gasteiger charge is 2.39. The van der Waals surface area contributed by atoms with Crippen molar-refractivity contribution in [2.24, 2.45) is 0 Å². The highest BCUT2D eigenvalue weighted by molar-refractivity contribution is 5.74. The molecule has 120 valence electrons. The summed E-state index contributed by atoms with van der Waals surface area (Å²) in [5.74, 6) is 1.31. The molecule has 2 amide bonds. The van der Waals surface area contributed by atoms with Crippen molar-refractivity contribution in [1.29, 1.82) is 0 Å². The van der Waals surface area contributed by atoms with E-state index >= 15 is 0 Å². The van der Waals surface area contributed by atoms with Crippen molar-refractivity contribution < 1.29 is 9.53 Å². The normalized spacial score (nSPS) is 19.0. The number of nitrogens with one attached hydrogen (secondary N) is 2. The van der Waals surface area contributed by atoms with E-state index in [2.05, 4.69) is 22.8 Å². The summed E-state index contributed by atoms with van der Waals surface area (Å²) in [7, 11) is 1.65. The van der Waals surface area contributed by atoms with E-state index in [9.17, 15) is 4.79 Å². The van der Waals surface area contributed by atoms with Crippen LogP contribution in [0.15, 0.2) is 54.6 Å². The Morgan fingerprint density at radius 3 is 2.57 bits per heavy atom. The van der Waals surface area contributed by atoms with Gasteiger partial charge in [-0.05, 0) is 36.1 Å². The second-order valence-corrected chi connectivity index (χ2v) is 5.86. The third-order valence-corrected chi connectivity index (χ3v) is 4.19. The van der Waals surface area contributed by atoms with E-state index in [1.807, 2.05) is 42.5 Å². The number of methoxy groups -OCH3 is 1. The molecule has 0 heterocycles. The largest absolute Gasteiger partial charge is 0.497 e. The van der Waals surface area contributed by atoms with Crippen molar-refractivity contribution >= 4 is 6.03 Å². The monoisotopic (exact) mass is 310 g/mol. The Hall–Kier alpha value is -2.49. The van der Waals surface area contributed by atoms with Gasteiger partial charge in [0.15, 0.2) is 0 Å². The Morgan fingerprint density at radius 2 is 1.87 bits per heavy atom. The predicted molar refractivity (Wildman–Crippen MR) is 90.8 cm³/mol. The maximum atomic E-state index is 11.9. The van der Waals surface area contributed by atoms with Crippen LogP contribution in [-0.2, 0) is 6.42 Å². The molecule has 0 aliphatic heterocycles. The average Bonchev–Trinajstić information content (AvgIpc) is 3.35. The molecule has 0 spiro atoms. The molecule has 0 saturated heterocycles. The Bertz CT molecular complexity index is 640. The van der Waals surface area contributed by atoms with Crippen molar-refractivity contribution in [3.05, 3.63) is 65.7 Å². The number of hydrogen-bond donors (Lipinski definition) is 2. The fourth-order valence-electron chi connectivity index (χ4n) is 2.76. The lowest BCUT2D eigenvalue weighted by Gasteiger charge is -2.08. The summed E-state index contributed by atoms with van der Waals surface area (Å²) in [4.78, 5) is 11.9. The van der Waals surface area contributed by atoms with E-state index in [1.165, 1.54) is 11.1 Å². The van der Waals surface area contributed by atoms with Crippen LogP contribution >= 0.6 is 0 Å². The van der Waals surface area contributed by atoms with Gasteiger partial charge in [-0.1, -0.05) is 42.5 Å². The minimum atomic E-state index is -0.0815. The van der Waals surface area contributed by atoms with E-state index < -0.39 is 0 Å². The number of carbonyl (C=O) groups excluding carboxylic acids is 1. The van der Waals surface area contributed by atoms with Crippen LogP contribution in [0.25, 0.3) is 0 Å². The SMILES string of the molecule is COc1ccc(CCNC(=O)NC2CC2c2ccccc2)cc1. The van der Waals surface area contributed by atoms with Crippen molar-refractivity contribution in [3.8, 4) is 5.75 Å². The van der Waals surface area contributed by atoms with E-state index in [4.69, 9.17) is 4.74 Å². The van der Waals surface area contributed by atoms with Gasteiger partial charge in [-0.25, -0.2) is 4.79 Å². The number of carbonyl (C=O) groups is 1. The van der Waals surface area contributed by atoms with Gasteiger partial charge in [0.25, 0.3) is 0 Å². The summed E-state index contributed by atoms with van der Waals surface area (Å²) in [6, 6.07) is 18.4. The first-order valence-corrected chi connectivity index (χ1v) is 7.98. The maximum absolute atomic E-state index is 11.9. The molecular weight excluding hydrogens is 288 g/mol. The quantitative estimate of drug-likeness (QED) is 0.861. The lowest BCUT2D eigenvalue weighted by atomic mass is 10.1. The van der Waals surface area contributed by atoms with E-state index in [1.54, 1.807) is 7.11 Å². The molecule has 3 rings (SSSR count). The number of amides is 2. The van der Waals surface area contributed by atoms with Crippen molar-refractivity contribution in [3.63, 3.8) is 0 Å². The van der Waals surface area contributed by atoms with E-state index in [0.717, 1.165) is 18.6 Å². The Morgan fingerprint density at radius 1 is 1.13 bits per heavy atom.